The minimum Gasteiger partial charge on any atom is -0.379 e. The Morgan fingerprint density at radius 1 is 0.957 bits per heavy atom. The molecule has 2 amide bonds. The van der Waals surface area contributed by atoms with Crippen LogP contribution >= 0.6 is 24.8 Å². The number of ether oxygens (including phenoxy) is 1. The molecule has 0 aromatic rings. The molecule has 2 heterocycles. The molecule has 0 aromatic heterocycles. The van der Waals surface area contributed by atoms with Crippen molar-refractivity contribution >= 4 is 36.6 Å². The van der Waals surface area contributed by atoms with Crippen molar-refractivity contribution in [2.45, 2.75) is 19.4 Å². The molecule has 1 atom stereocenters. The first-order chi connectivity index (χ1) is 10.1. The molecule has 2 aliphatic heterocycles. The zero-order valence-corrected chi connectivity index (χ0v) is 15.2. The summed E-state index contributed by atoms with van der Waals surface area (Å²) in [5, 5.41) is 0. The summed E-state index contributed by atoms with van der Waals surface area (Å²) in [5.74, 6) is 0.237. The van der Waals surface area contributed by atoms with E-state index in [0.29, 0.717) is 52.4 Å². The van der Waals surface area contributed by atoms with Crippen LogP contribution in [0.5, 0.6) is 0 Å². The van der Waals surface area contributed by atoms with Gasteiger partial charge in [-0.1, -0.05) is 0 Å². The third-order valence-electron chi connectivity index (χ3n) is 3.94. The van der Waals surface area contributed by atoms with Crippen LogP contribution in [-0.4, -0.2) is 91.6 Å². The Kier molecular flexibility index (Phi) is 10.8. The van der Waals surface area contributed by atoms with Gasteiger partial charge in [-0.3, -0.25) is 14.5 Å². The zero-order valence-electron chi connectivity index (χ0n) is 13.6. The lowest BCUT2D eigenvalue weighted by atomic mass is 10.2. The number of carbonyl (C=O) groups is 2. The van der Waals surface area contributed by atoms with Gasteiger partial charge in [0.05, 0.1) is 19.8 Å². The standard InChI is InChI=1S/C14H26N4O3.2ClH/c1-12(15)10-13(19)17-2-4-18(5-3-17)14(20)11-16-6-8-21-9-7-16;;/h12H,2-11,15H2,1H3;2*1H. The molecule has 2 aliphatic rings. The highest BCUT2D eigenvalue weighted by Crippen LogP contribution is 2.06. The van der Waals surface area contributed by atoms with Gasteiger partial charge >= 0.3 is 0 Å². The van der Waals surface area contributed by atoms with E-state index in [0.717, 1.165) is 13.1 Å². The lowest BCUT2D eigenvalue weighted by molar-refractivity contribution is -0.140. The molecule has 0 aromatic carbocycles. The van der Waals surface area contributed by atoms with Crippen molar-refractivity contribution in [3.63, 3.8) is 0 Å². The number of nitrogens with two attached hydrogens (primary N) is 1. The van der Waals surface area contributed by atoms with Gasteiger partial charge < -0.3 is 20.3 Å². The van der Waals surface area contributed by atoms with Gasteiger partial charge in [-0.25, -0.2) is 0 Å². The molecule has 0 spiro atoms. The van der Waals surface area contributed by atoms with Crippen LogP contribution in [0.4, 0.5) is 0 Å². The summed E-state index contributed by atoms with van der Waals surface area (Å²) in [6.45, 7) is 7.79. The van der Waals surface area contributed by atoms with Crippen LogP contribution < -0.4 is 5.73 Å². The van der Waals surface area contributed by atoms with Gasteiger partial charge in [0.1, 0.15) is 0 Å². The topological polar surface area (TPSA) is 79.1 Å². The van der Waals surface area contributed by atoms with Gasteiger partial charge in [-0.05, 0) is 6.92 Å². The second kappa shape index (κ2) is 11.0. The lowest BCUT2D eigenvalue weighted by Gasteiger charge is -2.36. The summed E-state index contributed by atoms with van der Waals surface area (Å²) in [5.41, 5.74) is 5.65. The third-order valence-corrected chi connectivity index (χ3v) is 3.94. The summed E-state index contributed by atoms with van der Waals surface area (Å²) in [7, 11) is 0. The Morgan fingerprint density at radius 3 is 1.91 bits per heavy atom. The first kappa shape index (κ1) is 22.4. The Hall–Kier alpha value is -0.600. The molecule has 0 radical (unpaired) electrons. The van der Waals surface area contributed by atoms with Gasteiger partial charge in [0.2, 0.25) is 11.8 Å². The Labute approximate surface area is 150 Å². The van der Waals surface area contributed by atoms with Crippen LogP contribution in [0.25, 0.3) is 0 Å². The van der Waals surface area contributed by atoms with Crippen LogP contribution in [0.3, 0.4) is 0 Å². The zero-order chi connectivity index (χ0) is 15.2. The largest absolute Gasteiger partial charge is 0.379 e. The number of morpholine rings is 1. The molecule has 0 bridgehead atoms. The first-order valence-electron chi connectivity index (χ1n) is 7.67. The Balaban J connectivity index is 0.00000242. The van der Waals surface area contributed by atoms with Crippen LogP contribution in [-0.2, 0) is 14.3 Å². The highest BCUT2D eigenvalue weighted by molar-refractivity contribution is 5.85. The molecule has 23 heavy (non-hydrogen) atoms. The maximum atomic E-state index is 12.2. The van der Waals surface area contributed by atoms with Gasteiger partial charge in [-0.2, -0.15) is 0 Å². The molecule has 7 nitrogen and oxygen atoms in total. The number of carbonyl (C=O) groups excluding carboxylic acids is 2. The second-order valence-corrected chi connectivity index (χ2v) is 5.83. The number of nitrogens with zero attached hydrogens (tertiary/aromatic N) is 3. The quantitative estimate of drug-likeness (QED) is 0.726. The Bertz CT molecular complexity index is 371. The van der Waals surface area contributed by atoms with E-state index < -0.39 is 0 Å². The normalized spacial score (nSPS) is 20.3. The Morgan fingerprint density at radius 2 is 1.43 bits per heavy atom. The molecule has 0 saturated carbocycles. The van der Waals surface area contributed by atoms with E-state index in [4.69, 9.17) is 10.5 Å². The second-order valence-electron chi connectivity index (χ2n) is 5.83. The summed E-state index contributed by atoms with van der Waals surface area (Å²) < 4.78 is 5.28. The first-order valence-corrected chi connectivity index (χ1v) is 7.67. The van der Waals surface area contributed by atoms with Crippen LogP contribution in [0.15, 0.2) is 0 Å². The molecule has 136 valence electrons. The van der Waals surface area contributed by atoms with Crippen molar-refractivity contribution in [3.05, 3.63) is 0 Å². The van der Waals surface area contributed by atoms with E-state index in [1.165, 1.54) is 0 Å². The average Bonchev–Trinajstić information content (AvgIpc) is 2.47. The van der Waals surface area contributed by atoms with E-state index in [2.05, 4.69) is 4.90 Å². The predicted molar refractivity (Wildman–Crippen MR) is 93.2 cm³/mol. The van der Waals surface area contributed by atoms with Crippen molar-refractivity contribution in [1.82, 2.24) is 14.7 Å². The summed E-state index contributed by atoms with van der Waals surface area (Å²) >= 11 is 0. The fourth-order valence-corrected chi connectivity index (χ4v) is 2.66. The molecule has 2 rings (SSSR count). The molecular weight excluding hydrogens is 343 g/mol. The van der Waals surface area contributed by atoms with E-state index in [9.17, 15) is 9.59 Å². The molecule has 2 saturated heterocycles. The maximum absolute atomic E-state index is 12.2. The van der Waals surface area contributed by atoms with Crippen molar-refractivity contribution in [1.29, 1.82) is 0 Å². The van der Waals surface area contributed by atoms with E-state index >= 15 is 0 Å². The highest BCUT2D eigenvalue weighted by atomic mass is 35.5. The SMILES string of the molecule is CC(N)CC(=O)N1CCN(C(=O)CN2CCOCC2)CC1.Cl.Cl. The smallest absolute Gasteiger partial charge is 0.236 e. The summed E-state index contributed by atoms with van der Waals surface area (Å²) in [6, 6.07) is -0.113. The van der Waals surface area contributed by atoms with Crippen molar-refractivity contribution < 1.29 is 14.3 Å². The molecule has 1 unspecified atom stereocenters. The average molecular weight is 371 g/mol. The number of amides is 2. The third kappa shape index (κ3) is 7.22. The predicted octanol–water partition coefficient (Wildman–Crippen LogP) is -0.430. The minimum atomic E-state index is -0.113. The fourth-order valence-electron chi connectivity index (χ4n) is 2.66. The maximum Gasteiger partial charge on any atom is 0.236 e. The monoisotopic (exact) mass is 370 g/mol. The molecular formula is C14H28Cl2N4O3. The van der Waals surface area contributed by atoms with Crippen molar-refractivity contribution in [2.24, 2.45) is 5.73 Å². The van der Waals surface area contributed by atoms with Gasteiger partial charge in [0.15, 0.2) is 0 Å². The lowest BCUT2D eigenvalue weighted by Crippen LogP contribution is -2.53. The molecule has 2 N–H and O–H groups in total. The fraction of sp³-hybridized carbons (Fsp3) is 0.857. The number of halogens is 2. The minimum absolute atomic E-state index is 0. The van der Waals surface area contributed by atoms with Gasteiger partial charge in [-0.15, -0.1) is 24.8 Å². The van der Waals surface area contributed by atoms with Crippen molar-refractivity contribution in [3.8, 4) is 0 Å². The van der Waals surface area contributed by atoms with E-state index in [1.54, 1.807) is 0 Å². The number of rotatable bonds is 4. The van der Waals surface area contributed by atoms with E-state index in [-0.39, 0.29) is 42.7 Å². The van der Waals surface area contributed by atoms with Gasteiger partial charge in [0.25, 0.3) is 0 Å². The van der Waals surface area contributed by atoms with Crippen LogP contribution in [0, 0.1) is 0 Å². The summed E-state index contributed by atoms with van der Waals surface area (Å²) in [4.78, 5) is 29.9. The number of piperazine rings is 1. The summed E-state index contributed by atoms with van der Waals surface area (Å²) in [6.07, 6.45) is 0.377. The number of hydrogen-bond donors (Lipinski definition) is 1. The molecule has 0 aliphatic carbocycles. The van der Waals surface area contributed by atoms with Crippen LogP contribution in [0.2, 0.25) is 0 Å². The van der Waals surface area contributed by atoms with Gasteiger partial charge in [0, 0.05) is 51.7 Å². The van der Waals surface area contributed by atoms with Crippen LogP contribution in [0.1, 0.15) is 13.3 Å². The van der Waals surface area contributed by atoms with Crippen molar-refractivity contribution in [2.75, 3.05) is 59.0 Å². The van der Waals surface area contributed by atoms with E-state index in [1.807, 2.05) is 16.7 Å². The molecule has 2 fully saturated rings. The molecule has 9 heteroatoms. The highest BCUT2D eigenvalue weighted by Gasteiger charge is 2.25. The number of hydrogen-bond acceptors (Lipinski definition) is 5.